The van der Waals surface area contributed by atoms with Crippen LogP contribution in [0.3, 0.4) is 0 Å². The first-order chi connectivity index (χ1) is 16.4. The van der Waals surface area contributed by atoms with Crippen molar-refractivity contribution >= 4 is 17.7 Å². The quantitative estimate of drug-likeness (QED) is 0.647. The summed E-state index contributed by atoms with van der Waals surface area (Å²) < 4.78 is 5.17. The molecule has 3 rings (SSSR count). The molecule has 3 amide bonds. The van der Waals surface area contributed by atoms with E-state index in [1.165, 1.54) is 0 Å². The Balaban J connectivity index is 1.72. The fraction of sp³-hybridized carbons (Fsp3) is 0.444. The number of likely N-dealkylation sites (N-methyl/N-ethyl adjacent to an activating group) is 1. The zero-order chi connectivity index (χ0) is 24.7. The van der Waals surface area contributed by atoms with Gasteiger partial charge in [0.2, 0.25) is 5.91 Å². The van der Waals surface area contributed by atoms with Crippen molar-refractivity contribution in [2.75, 3.05) is 33.3 Å². The molecule has 0 aliphatic carbocycles. The first kappa shape index (κ1) is 25.3. The summed E-state index contributed by atoms with van der Waals surface area (Å²) in [6.45, 7) is 8.11. The van der Waals surface area contributed by atoms with Crippen molar-refractivity contribution in [1.82, 2.24) is 15.1 Å². The van der Waals surface area contributed by atoms with Crippen LogP contribution in [-0.4, -0.2) is 66.9 Å². The van der Waals surface area contributed by atoms with Crippen LogP contribution in [0.15, 0.2) is 48.5 Å². The van der Waals surface area contributed by atoms with Gasteiger partial charge in [0.05, 0.1) is 7.11 Å². The summed E-state index contributed by atoms with van der Waals surface area (Å²) in [6.07, 6.45) is 1.30. The number of benzene rings is 2. The average Bonchev–Trinajstić information content (AvgIpc) is 2.87. The number of rotatable bonds is 8. The number of aryl methyl sites for hydroxylation is 1. The van der Waals surface area contributed by atoms with Crippen LogP contribution in [0.25, 0.3) is 0 Å². The van der Waals surface area contributed by atoms with Gasteiger partial charge in [0.15, 0.2) is 0 Å². The lowest BCUT2D eigenvalue weighted by molar-refractivity contribution is -0.134. The van der Waals surface area contributed by atoms with E-state index < -0.39 is 6.04 Å². The van der Waals surface area contributed by atoms with Crippen LogP contribution in [0.1, 0.15) is 53.0 Å². The standard InChI is InChI=1S/C27H35N3O4/c1-5-29(6-2)27(33)24(28-25(31)21-10-12-23(34-4)13-11-21)20-14-16-30(17-15-20)26(32)22-9-7-8-19(3)18-22/h7-13,18,20,24H,5-6,14-17H2,1-4H3,(H,28,31)/t24-/m1/s1. The van der Waals surface area contributed by atoms with E-state index in [4.69, 9.17) is 4.74 Å². The first-order valence-electron chi connectivity index (χ1n) is 12.0. The molecule has 0 bridgehead atoms. The van der Waals surface area contributed by atoms with Crippen LogP contribution in [0.2, 0.25) is 0 Å². The highest BCUT2D eigenvalue weighted by Gasteiger charge is 2.35. The molecule has 2 aromatic carbocycles. The highest BCUT2D eigenvalue weighted by molar-refractivity contribution is 5.98. The molecule has 0 aromatic heterocycles. The van der Waals surface area contributed by atoms with Crippen molar-refractivity contribution in [3.8, 4) is 5.75 Å². The number of hydrogen-bond acceptors (Lipinski definition) is 4. The molecule has 1 fully saturated rings. The summed E-state index contributed by atoms with van der Waals surface area (Å²) in [5, 5.41) is 3.00. The largest absolute Gasteiger partial charge is 0.497 e. The minimum Gasteiger partial charge on any atom is -0.497 e. The molecule has 0 unspecified atom stereocenters. The van der Waals surface area contributed by atoms with E-state index in [-0.39, 0.29) is 23.6 Å². The first-order valence-corrected chi connectivity index (χ1v) is 12.0. The van der Waals surface area contributed by atoms with Crippen LogP contribution < -0.4 is 10.1 Å². The van der Waals surface area contributed by atoms with E-state index in [9.17, 15) is 14.4 Å². The predicted octanol–water partition coefficient (Wildman–Crippen LogP) is 3.52. The van der Waals surface area contributed by atoms with Gasteiger partial charge in [-0.2, -0.15) is 0 Å². The Morgan fingerprint density at radius 1 is 1.03 bits per heavy atom. The third-order valence-electron chi connectivity index (χ3n) is 6.54. The Morgan fingerprint density at radius 2 is 1.68 bits per heavy atom. The molecule has 2 aromatic rings. The lowest BCUT2D eigenvalue weighted by Gasteiger charge is -2.37. The maximum absolute atomic E-state index is 13.4. The van der Waals surface area contributed by atoms with Gasteiger partial charge in [0, 0.05) is 37.3 Å². The zero-order valence-electron chi connectivity index (χ0n) is 20.5. The van der Waals surface area contributed by atoms with E-state index in [1.54, 1.807) is 36.3 Å². The van der Waals surface area contributed by atoms with Crippen molar-refractivity contribution in [3.63, 3.8) is 0 Å². The van der Waals surface area contributed by atoms with Crippen molar-refractivity contribution < 1.29 is 19.1 Å². The number of carbonyl (C=O) groups is 3. The minimum absolute atomic E-state index is 0.0102. The van der Waals surface area contributed by atoms with Gasteiger partial charge in [-0.1, -0.05) is 17.7 Å². The molecule has 7 heteroatoms. The molecule has 1 aliphatic heterocycles. The van der Waals surface area contributed by atoms with Crippen molar-refractivity contribution in [1.29, 1.82) is 0 Å². The number of hydrogen-bond donors (Lipinski definition) is 1. The van der Waals surface area contributed by atoms with Gasteiger partial charge in [-0.05, 0) is 75.9 Å². The second kappa shape index (κ2) is 11.7. The number of carbonyl (C=O) groups excluding carboxylic acids is 3. The van der Waals surface area contributed by atoms with Crippen molar-refractivity contribution in [3.05, 3.63) is 65.2 Å². The molecule has 182 valence electrons. The average molecular weight is 466 g/mol. The van der Waals surface area contributed by atoms with Crippen LogP contribution in [0.5, 0.6) is 5.75 Å². The summed E-state index contributed by atoms with van der Waals surface area (Å²) in [5.74, 6) is 0.271. The van der Waals surface area contributed by atoms with Gasteiger partial charge in [-0.3, -0.25) is 14.4 Å². The van der Waals surface area contributed by atoms with E-state index in [0.29, 0.717) is 55.9 Å². The number of nitrogens with one attached hydrogen (secondary N) is 1. The smallest absolute Gasteiger partial charge is 0.253 e. The third-order valence-corrected chi connectivity index (χ3v) is 6.54. The summed E-state index contributed by atoms with van der Waals surface area (Å²) in [7, 11) is 1.57. The minimum atomic E-state index is -0.634. The number of ether oxygens (including phenoxy) is 1. The maximum Gasteiger partial charge on any atom is 0.253 e. The Bertz CT molecular complexity index is 993. The number of methoxy groups -OCH3 is 1. The predicted molar refractivity (Wildman–Crippen MR) is 132 cm³/mol. The monoisotopic (exact) mass is 465 g/mol. The SMILES string of the molecule is CCN(CC)C(=O)[C@H](NC(=O)c1ccc(OC)cc1)C1CCN(C(=O)c2cccc(C)c2)CC1. The van der Waals surface area contributed by atoms with Gasteiger partial charge in [0.25, 0.3) is 11.8 Å². The van der Waals surface area contributed by atoms with Crippen LogP contribution >= 0.6 is 0 Å². The normalized spacial score (nSPS) is 14.9. The summed E-state index contributed by atoms with van der Waals surface area (Å²) >= 11 is 0. The Labute approximate surface area is 202 Å². The van der Waals surface area contributed by atoms with E-state index in [1.807, 2.05) is 49.9 Å². The molecule has 7 nitrogen and oxygen atoms in total. The number of piperidine rings is 1. The Hall–Kier alpha value is -3.35. The molecule has 1 atom stereocenters. The molecule has 0 spiro atoms. The zero-order valence-corrected chi connectivity index (χ0v) is 20.5. The van der Waals surface area contributed by atoms with Gasteiger partial charge in [-0.15, -0.1) is 0 Å². The molecule has 0 radical (unpaired) electrons. The molecule has 1 heterocycles. The fourth-order valence-corrected chi connectivity index (χ4v) is 4.48. The van der Waals surface area contributed by atoms with Gasteiger partial charge >= 0.3 is 0 Å². The maximum atomic E-state index is 13.4. The summed E-state index contributed by atoms with van der Waals surface area (Å²) in [4.78, 5) is 42.9. The molecule has 1 N–H and O–H groups in total. The Morgan fingerprint density at radius 3 is 2.24 bits per heavy atom. The highest BCUT2D eigenvalue weighted by Crippen LogP contribution is 2.24. The molecular weight excluding hydrogens is 430 g/mol. The summed E-state index contributed by atoms with van der Waals surface area (Å²) in [5.41, 5.74) is 2.21. The lowest BCUT2D eigenvalue weighted by Crippen LogP contribution is -2.54. The van der Waals surface area contributed by atoms with Crippen LogP contribution in [-0.2, 0) is 4.79 Å². The van der Waals surface area contributed by atoms with Gasteiger partial charge in [-0.25, -0.2) is 0 Å². The molecule has 1 saturated heterocycles. The molecule has 0 saturated carbocycles. The number of likely N-dealkylation sites (tertiary alicyclic amines) is 1. The highest BCUT2D eigenvalue weighted by atomic mass is 16.5. The number of nitrogens with zero attached hydrogens (tertiary/aromatic N) is 2. The van der Waals surface area contributed by atoms with Crippen LogP contribution in [0, 0.1) is 12.8 Å². The van der Waals surface area contributed by atoms with Gasteiger partial charge < -0.3 is 19.9 Å². The second-order valence-corrected chi connectivity index (χ2v) is 8.69. The van der Waals surface area contributed by atoms with Gasteiger partial charge in [0.1, 0.15) is 11.8 Å². The fourth-order valence-electron chi connectivity index (χ4n) is 4.48. The number of amides is 3. The van der Waals surface area contributed by atoms with E-state index >= 15 is 0 Å². The van der Waals surface area contributed by atoms with E-state index in [0.717, 1.165) is 5.56 Å². The second-order valence-electron chi connectivity index (χ2n) is 8.69. The summed E-state index contributed by atoms with van der Waals surface area (Å²) in [6, 6.07) is 13.8. The Kier molecular flexibility index (Phi) is 8.68. The topological polar surface area (TPSA) is 79.0 Å². The molecular formula is C27H35N3O4. The van der Waals surface area contributed by atoms with Crippen molar-refractivity contribution in [2.45, 2.75) is 39.7 Å². The lowest BCUT2D eigenvalue weighted by atomic mass is 9.87. The molecule has 34 heavy (non-hydrogen) atoms. The van der Waals surface area contributed by atoms with Crippen LogP contribution in [0.4, 0.5) is 0 Å². The van der Waals surface area contributed by atoms with Crippen molar-refractivity contribution in [2.24, 2.45) is 5.92 Å². The van der Waals surface area contributed by atoms with E-state index in [2.05, 4.69) is 5.32 Å². The molecule has 1 aliphatic rings. The third kappa shape index (κ3) is 5.95.